The molecule has 0 bridgehead atoms. The lowest BCUT2D eigenvalue weighted by Gasteiger charge is -2.25. The fourth-order valence-corrected chi connectivity index (χ4v) is 2.02. The number of benzene rings is 1. The van der Waals surface area contributed by atoms with Gasteiger partial charge < -0.3 is 10.6 Å². The molecule has 0 aliphatic carbocycles. The first-order valence-corrected chi connectivity index (χ1v) is 6.62. The number of nitrogens with one attached hydrogen (secondary N) is 2. The molecule has 0 aliphatic rings. The van der Waals surface area contributed by atoms with Crippen LogP contribution in [-0.4, -0.2) is 5.54 Å². The van der Waals surface area contributed by atoms with E-state index >= 15 is 0 Å². The quantitative estimate of drug-likeness (QED) is 0.845. The minimum absolute atomic E-state index is 0.277. The van der Waals surface area contributed by atoms with Gasteiger partial charge >= 0.3 is 0 Å². The van der Waals surface area contributed by atoms with Crippen LogP contribution in [0.1, 0.15) is 31.9 Å². The van der Waals surface area contributed by atoms with Gasteiger partial charge in [-0.3, -0.25) is 9.59 Å². The number of rotatable bonds is 3. The Bertz CT molecular complexity index is 800. The number of hydrogen-bond acceptors (Lipinski definition) is 5. The van der Waals surface area contributed by atoms with Crippen LogP contribution >= 0.6 is 0 Å². The molecule has 5 heteroatoms. The first-order valence-electron chi connectivity index (χ1n) is 6.62. The average Bonchev–Trinajstić information content (AvgIpc) is 2.41. The molecule has 0 amide bonds. The number of hydrogen-bond donors (Lipinski definition) is 2. The summed E-state index contributed by atoms with van der Waals surface area (Å²) < 4.78 is 0. The second-order valence-electron chi connectivity index (χ2n) is 6.05. The molecule has 0 saturated carbocycles. The van der Waals surface area contributed by atoms with Gasteiger partial charge in [0.05, 0.1) is 11.6 Å². The van der Waals surface area contributed by atoms with E-state index in [1.165, 1.54) is 0 Å². The van der Waals surface area contributed by atoms with Crippen molar-refractivity contribution < 1.29 is 0 Å². The topological polar surface area (TPSA) is 82.0 Å². The van der Waals surface area contributed by atoms with E-state index in [-0.39, 0.29) is 11.2 Å². The van der Waals surface area contributed by atoms with Crippen molar-refractivity contribution in [1.82, 2.24) is 0 Å². The number of aryl methyl sites for hydroxylation is 1. The Balaban J connectivity index is 2.31. The zero-order valence-electron chi connectivity index (χ0n) is 12.5. The Morgan fingerprint density at radius 2 is 1.71 bits per heavy atom. The summed E-state index contributed by atoms with van der Waals surface area (Å²) in [7, 11) is 0. The smallest absolute Gasteiger partial charge is 0.253 e. The van der Waals surface area contributed by atoms with Crippen molar-refractivity contribution >= 4 is 17.1 Å². The van der Waals surface area contributed by atoms with Gasteiger partial charge in [-0.05, 0) is 51.5 Å². The Morgan fingerprint density at radius 1 is 1.10 bits per heavy atom. The highest BCUT2D eigenvalue weighted by molar-refractivity contribution is 5.79. The molecule has 2 N–H and O–H groups in total. The highest BCUT2D eigenvalue weighted by Crippen LogP contribution is 2.24. The molecule has 0 saturated heterocycles. The van der Waals surface area contributed by atoms with Gasteiger partial charge in [-0.1, -0.05) is 0 Å². The summed E-state index contributed by atoms with van der Waals surface area (Å²) in [6.45, 7) is 7.57. The SMILES string of the molecule is Cc1cc(Nc2c(NC(C)(C)C)c(=O)c2=O)ccc1C#N. The highest BCUT2D eigenvalue weighted by atomic mass is 16.2. The average molecular weight is 283 g/mol. The third-order valence-corrected chi connectivity index (χ3v) is 3.03. The molecular formula is C16H17N3O2. The van der Waals surface area contributed by atoms with Crippen molar-refractivity contribution in [1.29, 1.82) is 5.26 Å². The van der Waals surface area contributed by atoms with Crippen molar-refractivity contribution in [2.75, 3.05) is 10.6 Å². The molecule has 2 aromatic rings. The molecule has 0 radical (unpaired) electrons. The van der Waals surface area contributed by atoms with Gasteiger partial charge in [0, 0.05) is 11.2 Å². The summed E-state index contributed by atoms with van der Waals surface area (Å²) in [6, 6.07) is 7.25. The van der Waals surface area contributed by atoms with E-state index in [2.05, 4.69) is 16.7 Å². The van der Waals surface area contributed by atoms with E-state index in [0.29, 0.717) is 16.9 Å². The Kier molecular flexibility index (Phi) is 3.56. The van der Waals surface area contributed by atoms with Crippen molar-refractivity contribution in [3.05, 3.63) is 49.8 Å². The van der Waals surface area contributed by atoms with Crippen LogP contribution < -0.4 is 21.5 Å². The molecule has 0 aromatic heterocycles. The molecule has 0 spiro atoms. The van der Waals surface area contributed by atoms with Gasteiger partial charge in [-0.2, -0.15) is 5.26 Å². The van der Waals surface area contributed by atoms with Crippen molar-refractivity contribution in [3.8, 4) is 6.07 Å². The minimum atomic E-state index is -0.524. The molecule has 0 atom stereocenters. The largest absolute Gasteiger partial charge is 0.375 e. The van der Waals surface area contributed by atoms with E-state index in [0.717, 1.165) is 5.56 Å². The maximum Gasteiger partial charge on any atom is 0.253 e. The van der Waals surface area contributed by atoms with Crippen LogP contribution in [0.3, 0.4) is 0 Å². The van der Waals surface area contributed by atoms with Crippen LogP contribution in [0.4, 0.5) is 17.1 Å². The maximum atomic E-state index is 11.7. The lowest BCUT2D eigenvalue weighted by atomic mass is 10.1. The lowest BCUT2D eigenvalue weighted by molar-refractivity contribution is 0.632. The molecule has 21 heavy (non-hydrogen) atoms. The van der Waals surface area contributed by atoms with Crippen molar-refractivity contribution in [2.45, 2.75) is 33.2 Å². The molecule has 108 valence electrons. The second-order valence-corrected chi connectivity index (χ2v) is 6.05. The molecule has 0 aliphatic heterocycles. The standard InChI is InChI=1S/C16H17N3O2/c1-9-7-11(6-5-10(9)8-17)18-12-13(15(21)14(12)20)19-16(2,3)4/h5-7,18-19H,1-4H3. The third kappa shape index (κ3) is 2.95. The Labute approximate surface area is 122 Å². The highest BCUT2D eigenvalue weighted by Gasteiger charge is 2.24. The first kappa shape index (κ1) is 14.8. The second kappa shape index (κ2) is 5.06. The third-order valence-electron chi connectivity index (χ3n) is 3.03. The normalized spacial score (nSPS) is 11.2. The molecular weight excluding hydrogens is 266 g/mol. The molecule has 0 heterocycles. The van der Waals surface area contributed by atoms with Crippen LogP contribution in [0, 0.1) is 18.3 Å². The maximum absolute atomic E-state index is 11.7. The summed E-state index contributed by atoms with van der Waals surface area (Å²) in [6.07, 6.45) is 0. The fourth-order valence-electron chi connectivity index (χ4n) is 2.02. The lowest BCUT2D eigenvalue weighted by Crippen LogP contribution is -2.41. The van der Waals surface area contributed by atoms with Crippen LogP contribution in [0.2, 0.25) is 0 Å². The summed E-state index contributed by atoms with van der Waals surface area (Å²) in [5, 5.41) is 14.9. The number of nitriles is 1. The van der Waals surface area contributed by atoms with E-state index in [1.807, 2.05) is 27.7 Å². The summed E-state index contributed by atoms with van der Waals surface area (Å²) in [5.74, 6) is 0. The summed E-state index contributed by atoms with van der Waals surface area (Å²) >= 11 is 0. The number of nitrogens with zero attached hydrogens (tertiary/aromatic N) is 1. The van der Waals surface area contributed by atoms with Gasteiger partial charge in [0.2, 0.25) is 0 Å². The van der Waals surface area contributed by atoms with E-state index in [9.17, 15) is 9.59 Å². The van der Waals surface area contributed by atoms with E-state index < -0.39 is 10.9 Å². The number of anilines is 3. The molecule has 0 fully saturated rings. The summed E-state index contributed by atoms with van der Waals surface area (Å²) in [5.41, 5.74) is 1.33. The molecule has 0 unspecified atom stereocenters. The van der Waals surface area contributed by atoms with Gasteiger partial charge in [0.25, 0.3) is 10.9 Å². The van der Waals surface area contributed by atoms with Crippen LogP contribution in [0.5, 0.6) is 0 Å². The Morgan fingerprint density at radius 3 is 2.24 bits per heavy atom. The first-order chi connectivity index (χ1) is 9.73. The molecule has 5 nitrogen and oxygen atoms in total. The van der Waals surface area contributed by atoms with Crippen LogP contribution in [0.25, 0.3) is 0 Å². The monoisotopic (exact) mass is 283 g/mol. The van der Waals surface area contributed by atoms with Crippen molar-refractivity contribution in [2.24, 2.45) is 0 Å². The Hall–Kier alpha value is -2.61. The summed E-state index contributed by atoms with van der Waals surface area (Å²) in [4.78, 5) is 23.4. The van der Waals surface area contributed by atoms with E-state index in [4.69, 9.17) is 5.26 Å². The molecule has 2 aromatic carbocycles. The predicted octanol–water partition coefficient (Wildman–Crippen LogP) is 2.42. The zero-order valence-corrected chi connectivity index (χ0v) is 12.5. The van der Waals surface area contributed by atoms with Crippen molar-refractivity contribution in [3.63, 3.8) is 0 Å². The zero-order chi connectivity index (χ0) is 15.8. The van der Waals surface area contributed by atoms with Crippen LogP contribution in [-0.2, 0) is 0 Å². The molecule has 2 rings (SSSR count). The van der Waals surface area contributed by atoms with Gasteiger partial charge in [0.15, 0.2) is 0 Å². The van der Waals surface area contributed by atoms with Gasteiger partial charge in [-0.25, -0.2) is 0 Å². The van der Waals surface area contributed by atoms with E-state index in [1.54, 1.807) is 18.2 Å². The van der Waals surface area contributed by atoms with Gasteiger partial charge in [-0.15, -0.1) is 0 Å². The fraction of sp³-hybridized carbons (Fsp3) is 0.312. The van der Waals surface area contributed by atoms with Gasteiger partial charge in [0.1, 0.15) is 11.4 Å². The predicted molar refractivity (Wildman–Crippen MR) is 83.9 cm³/mol. The minimum Gasteiger partial charge on any atom is -0.375 e. The van der Waals surface area contributed by atoms with Crippen LogP contribution in [0.15, 0.2) is 27.8 Å².